The van der Waals surface area contributed by atoms with Crippen molar-refractivity contribution in [3.8, 4) is 11.5 Å². The van der Waals surface area contributed by atoms with E-state index < -0.39 is 11.7 Å². The number of ether oxygens (including phenoxy) is 2. The van der Waals surface area contributed by atoms with Crippen molar-refractivity contribution in [2.45, 2.75) is 12.7 Å². The second-order valence-corrected chi connectivity index (χ2v) is 6.79. The van der Waals surface area contributed by atoms with Gasteiger partial charge in [0.1, 0.15) is 0 Å². The molecule has 156 valence electrons. The molecule has 1 amide bonds. The average molecular weight is 408 g/mol. The number of hydrogen-bond acceptors (Lipinski definition) is 4. The minimum atomic E-state index is -4.37. The van der Waals surface area contributed by atoms with Crippen LogP contribution in [0.1, 0.15) is 21.5 Å². The maximum absolute atomic E-state index is 13.2. The van der Waals surface area contributed by atoms with Gasteiger partial charge in [-0.3, -0.25) is 9.69 Å². The zero-order valence-electron chi connectivity index (χ0n) is 16.3. The van der Waals surface area contributed by atoms with E-state index >= 15 is 0 Å². The molecule has 8 heteroatoms. The van der Waals surface area contributed by atoms with Gasteiger partial charge in [0.05, 0.1) is 19.8 Å². The summed E-state index contributed by atoms with van der Waals surface area (Å²) < 4.78 is 50.0. The van der Waals surface area contributed by atoms with Crippen molar-refractivity contribution in [3.63, 3.8) is 0 Å². The fourth-order valence-corrected chi connectivity index (χ4v) is 3.44. The molecule has 1 aliphatic heterocycles. The van der Waals surface area contributed by atoms with E-state index in [4.69, 9.17) is 9.47 Å². The molecule has 0 N–H and O–H groups in total. The van der Waals surface area contributed by atoms with Gasteiger partial charge in [-0.2, -0.15) is 13.2 Å². The Labute approximate surface area is 167 Å². The largest absolute Gasteiger partial charge is 0.493 e. The summed E-state index contributed by atoms with van der Waals surface area (Å²) in [5.41, 5.74) is 0.127. The van der Waals surface area contributed by atoms with Crippen LogP contribution in [-0.4, -0.2) is 56.1 Å². The van der Waals surface area contributed by atoms with Crippen molar-refractivity contribution in [2.75, 3.05) is 40.4 Å². The average Bonchev–Trinajstić information content (AvgIpc) is 2.73. The molecule has 1 fully saturated rings. The monoisotopic (exact) mass is 408 g/mol. The molecule has 1 heterocycles. The highest BCUT2D eigenvalue weighted by Gasteiger charge is 2.33. The topological polar surface area (TPSA) is 42.0 Å². The predicted molar refractivity (Wildman–Crippen MR) is 102 cm³/mol. The second kappa shape index (κ2) is 8.73. The number of carbonyl (C=O) groups is 1. The lowest BCUT2D eigenvalue weighted by Crippen LogP contribution is -2.48. The number of rotatable bonds is 5. The quantitative estimate of drug-likeness (QED) is 0.757. The van der Waals surface area contributed by atoms with E-state index in [1.54, 1.807) is 29.2 Å². The fraction of sp³-hybridized carbons (Fsp3) is 0.381. The van der Waals surface area contributed by atoms with E-state index in [-0.39, 0.29) is 18.0 Å². The molecule has 0 bridgehead atoms. The molecule has 2 aromatic carbocycles. The summed E-state index contributed by atoms with van der Waals surface area (Å²) >= 11 is 0. The highest BCUT2D eigenvalue weighted by atomic mass is 19.4. The number of benzene rings is 2. The number of piperazine rings is 1. The third-order valence-electron chi connectivity index (χ3n) is 5.01. The zero-order chi connectivity index (χ0) is 21.0. The standard InChI is InChI=1S/C21H23F3N2O3/c1-28-18-8-7-15(13-19(18)29-2)20(27)26-11-9-25(10-12-26)14-16-5-3-4-6-17(16)21(22,23)24/h3-8,13H,9-12,14H2,1-2H3. The second-order valence-electron chi connectivity index (χ2n) is 6.79. The van der Waals surface area contributed by atoms with Crippen molar-refractivity contribution in [1.29, 1.82) is 0 Å². The van der Waals surface area contributed by atoms with Crippen LogP contribution in [0.3, 0.4) is 0 Å². The Kier molecular flexibility index (Phi) is 6.32. The van der Waals surface area contributed by atoms with Crippen molar-refractivity contribution < 1.29 is 27.4 Å². The molecular weight excluding hydrogens is 385 g/mol. The summed E-state index contributed by atoms with van der Waals surface area (Å²) in [4.78, 5) is 16.4. The Morgan fingerprint density at radius 3 is 2.24 bits per heavy atom. The van der Waals surface area contributed by atoms with E-state index in [2.05, 4.69) is 0 Å². The van der Waals surface area contributed by atoms with Gasteiger partial charge in [0.25, 0.3) is 5.91 Å². The highest BCUT2D eigenvalue weighted by molar-refractivity contribution is 5.95. The first-order valence-corrected chi connectivity index (χ1v) is 9.22. The lowest BCUT2D eigenvalue weighted by molar-refractivity contribution is -0.138. The molecule has 1 saturated heterocycles. The van der Waals surface area contributed by atoms with Crippen LogP contribution in [0.2, 0.25) is 0 Å². The molecule has 0 unspecified atom stereocenters. The van der Waals surface area contributed by atoms with E-state index in [1.807, 2.05) is 4.90 Å². The van der Waals surface area contributed by atoms with Gasteiger partial charge >= 0.3 is 6.18 Å². The van der Waals surface area contributed by atoms with Gasteiger partial charge in [0, 0.05) is 38.3 Å². The number of amides is 1. The van der Waals surface area contributed by atoms with Crippen LogP contribution in [0.15, 0.2) is 42.5 Å². The Balaban J connectivity index is 1.63. The normalized spacial score (nSPS) is 15.3. The van der Waals surface area contributed by atoms with Gasteiger partial charge in [-0.15, -0.1) is 0 Å². The van der Waals surface area contributed by atoms with Gasteiger partial charge in [0.2, 0.25) is 0 Å². The molecule has 0 aliphatic carbocycles. The first kappa shape index (κ1) is 21.0. The Hall–Kier alpha value is -2.74. The minimum absolute atomic E-state index is 0.138. The smallest absolute Gasteiger partial charge is 0.416 e. The molecule has 0 radical (unpaired) electrons. The predicted octanol–water partition coefficient (Wildman–Crippen LogP) is 3.68. The summed E-state index contributed by atoms with van der Waals surface area (Å²) in [5.74, 6) is 0.874. The SMILES string of the molecule is COc1ccc(C(=O)N2CCN(Cc3ccccc3C(F)(F)F)CC2)cc1OC. The lowest BCUT2D eigenvalue weighted by atomic mass is 10.1. The number of alkyl halides is 3. The molecule has 0 saturated carbocycles. The van der Waals surface area contributed by atoms with Gasteiger partial charge in [-0.05, 0) is 29.8 Å². The maximum Gasteiger partial charge on any atom is 0.416 e. The number of methoxy groups -OCH3 is 2. The van der Waals surface area contributed by atoms with E-state index in [1.165, 1.54) is 26.4 Å². The Bertz CT molecular complexity index is 862. The van der Waals surface area contributed by atoms with Crippen molar-refractivity contribution >= 4 is 5.91 Å². The third kappa shape index (κ3) is 4.82. The van der Waals surface area contributed by atoms with Crippen LogP contribution in [0.4, 0.5) is 13.2 Å². The molecule has 0 aromatic heterocycles. The van der Waals surface area contributed by atoms with Crippen molar-refractivity contribution in [1.82, 2.24) is 9.80 Å². The number of hydrogen-bond donors (Lipinski definition) is 0. The van der Waals surface area contributed by atoms with Gasteiger partial charge < -0.3 is 14.4 Å². The molecule has 0 spiro atoms. The molecule has 5 nitrogen and oxygen atoms in total. The maximum atomic E-state index is 13.2. The van der Waals surface area contributed by atoms with Crippen molar-refractivity contribution in [3.05, 3.63) is 59.2 Å². The number of carbonyl (C=O) groups excluding carboxylic acids is 1. The summed E-state index contributed by atoms with van der Waals surface area (Å²) in [5, 5.41) is 0. The van der Waals surface area contributed by atoms with Crippen LogP contribution in [0, 0.1) is 0 Å². The van der Waals surface area contributed by atoms with E-state index in [9.17, 15) is 18.0 Å². The molecule has 29 heavy (non-hydrogen) atoms. The molecular formula is C21H23F3N2O3. The van der Waals surface area contributed by atoms with Crippen molar-refractivity contribution in [2.24, 2.45) is 0 Å². The Morgan fingerprint density at radius 1 is 0.966 bits per heavy atom. The van der Waals surface area contributed by atoms with Crippen LogP contribution in [0.5, 0.6) is 11.5 Å². The summed E-state index contributed by atoms with van der Waals surface area (Å²) in [6.07, 6.45) is -4.37. The van der Waals surface area contributed by atoms with Crippen LogP contribution >= 0.6 is 0 Å². The van der Waals surface area contributed by atoms with Gasteiger partial charge in [-0.25, -0.2) is 0 Å². The lowest BCUT2D eigenvalue weighted by Gasteiger charge is -2.35. The highest BCUT2D eigenvalue weighted by Crippen LogP contribution is 2.32. The number of nitrogens with zero attached hydrogens (tertiary/aromatic N) is 2. The summed E-state index contributed by atoms with van der Waals surface area (Å²) in [6.45, 7) is 2.10. The molecule has 0 atom stereocenters. The van der Waals surface area contributed by atoms with Gasteiger partial charge in [0.15, 0.2) is 11.5 Å². The molecule has 2 aromatic rings. The third-order valence-corrected chi connectivity index (χ3v) is 5.01. The van der Waals surface area contributed by atoms with Crippen LogP contribution in [-0.2, 0) is 12.7 Å². The molecule has 3 rings (SSSR count). The summed E-state index contributed by atoms with van der Waals surface area (Å²) in [7, 11) is 3.03. The summed E-state index contributed by atoms with van der Waals surface area (Å²) in [6, 6.07) is 10.6. The van der Waals surface area contributed by atoms with Crippen LogP contribution < -0.4 is 9.47 Å². The first-order chi connectivity index (χ1) is 13.8. The first-order valence-electron chi connectivity index (χ1n) is 9.22. The van der Waals surface area contributed by atoms with Crippen LogP contribution in [0.25, 0.3) is 0 Å². The van der Waals surface area contributed by atoms with E-state index in [0.29, 0.717) is 43.2 Å². The number of halogens is 3. The minimum Gasteiger partial charge on any atom is -0.493 e. The van der Waals surface area contributed by atoms with Gasteiger partial charge in [-0.1, -0.05) is 18.2 Å². The Morgan fingerprint density at radius 2 is 1.62 bits per heavy atom. The molecule has 1 aliphatic rings. The fourth-order valence-electron chi connectivity index (χ4n) is 3.44. The zero-order valence-corrected chi connectivity index (χ0v) is 16.3. The van der Waals surface area contributed by atoms with E-state index in [0.717, 1.165) is 6.07 Å².